The van der Waals surface area contributed by atoms with Crippen molar-refractivity contribution in [3.8, 4) is 5.75 Å². The van der Waals surface area contributed by atoms with E-state index in [1.807, 2.05) is 37.3 Å². The SMILES string of the molecule is CC[C@@H](Oc1ccccc1)C(=O)NCCOC. The van der Waals surface area contributed by atoms with Crippen molar-refractivity contribution >= 4 is 5.91 Å². The fourth-order valence-electron chi connectivity index (χ4n) is 1.38. The van der Waals surface area contributed by atoms with E-state index < -0.39 is 6.10 Å². The summed E-state index contributed by atoms with van der Waals surface area (Å²) in [5, 5.41) is 2.77. The summed E-state index contributed by atoms with van der Waals surface area (Å²) in [7, 11) is 1.60. The van der Waals surface area contributed by atoms with Crippen molar-refractivity contribution in [1.29, 1.82) is 0 Å². The Bertz CT molecular complexity index is 327. The molecule has 0 saturated carbocycles. The fraction of sp³-hybridized carbons (Fsp3) is 0.462. The van der Waals surface area contributed by atoms with Crippen LogP contribution in [0, 0.1) is 0 Å². The van der Waals surface area contributed by atoms with Crippen LogP contribution < -0.4 is 10.1 Å². The molecule has 1 N–H and O–H groups in total. The van der Waals surface area contributed by atoms with Gasteiger partial charge in [0.25, 0.3) is 5.91 Å². The number of ether oxygens (including phenoxy) is 2. The largest absolute Gasteiger partial charge is 0.481 e. The minimum Gasteiger partial charge on any atom is -0.481 e. The van der Waals surface area contributed by atoms with Gasteiger partial charge in [0.1, 0.15) is 5.75 Å². The zero-order valence-corrected chi connectivity index (χ0v) is 10.3. The number of rotatable bonds is 7. The maximum absolute atomic E-state index is 11.8. The van der Waals surface area contributed by atoms with Crippen molar-refractivity contribution in [2.75, 3.05) is 20.3 Å². The van der Waals surface area contributed by atoms with Crippen LogP contribution in [0.15, 0.2) is 30.3 Å². The quantitative estimate of drug-likeness (QED) is 0.733. The average molecular weight is 237 g/mol. The molecule has 0 saturated heterocycles. The summed E-state index contributed by atoms with van der Waals surface area (Å²) in [6.45, 7) is 2.93. The Morgan fingerprint density at radius 2 is 2.06 bits per heavy atom. The third-order valence-electron chi connectivity index (χ3n) is 2.29. The van der Waals surface area contributed by atoms with Gasteiger partial charge in [-0.25, -0.2) is 0 Å². The molecule has 0 fully saturated rings. The third kappa shape index (κ3) is 4.87. The lowest BCUT2D eigenvalue weighted by atomic mass is 10.2. The molecular weight excluding hydrogens is 218 g/mol. The predicted molar refractivity (Wildman–Crippen MR) is 66.0 cm³/mol. The molecule has 94 valence electrons. The lowest BCUT2D eigenvalue weighted by Crippen LogP contribution is -2.39. The van der Waals surface area contributed by atoms with E-state index in [1.165, 1.54) is 0 Å². The first-order valence-corrected chi connectivity index (χ1v) is 5.76. The van der Waals surface area contributed by atoms with Crippen LogP contribution in [0.4, 0.5) is 0 Å². The molecule has 0 aliphatic heterocycles. The molecule has 0 heterocycles. The molecule has 0 aliphatic carbocycles. The fourth-order valence-corrected chi connectivity index (χ4v) is 1.38. The summed E-state index contributed by atoms with van der Waals surface area (Å²) >= 11 is 0. The molecule has 1 atom stereocenters. The third-order valence-corrected chi connectivity index (χ3v) is 2.29. The summed E-state index contributed by atoms with van der Waals surface area (Å²) in [5.74, 6) is 0.606. The molecule has 0 unspecified atom stereocenters. The summed E-state index contributed by atoms with van der Waals surface area (Å²) in [4.78, 5) is 11.8. The Morgan fingerprint density at radius 3 is 2.65 bits per heavy atom. The summed E-state index contributed by atoms with van der Waals surface area (Å²) in [6.07, 6.45) is 0.183. The Morgan fingerprint density at radius 1 is 1.35 bits per heavy atom. The number of para-hydroxylation sites is 1. The molecule has 1 aromatic carbocycles. The Kier molecular flexibility index (Phi) is 6.10. The van der Waals surface area contributed by atoms with Gasteiger partial charge in [-0.15, -0.1) is 0 Å². The van der Waals surface area contributed by atoms with Gasteiger partial charge < -0.3 is 14.8 Å². The number of carbonyl (C=O) groups is 1. The summed E-state index contributed by atoms with van der Waals surface area (Å²) in [6, 6.07) is 9.35. The second kappa shape index (κ2) is 7.68. The highest BCUT2D eigenvalue weighted by Gasteiger charge is 2.17. The van der Waals surface area contributed by atoms with E-state index in [4.69, 9.17) is 9.47 Å². The summed E-state index contributed by atoms with van der Waals surface area (Å²) in [5.41, 5.74) is 0. The van der Waals surface area contributed by atoms with E-state index in [9.17, 15) is 4.79 Å². The number of hydrogen-bond acceptors (Lipinski definition) is 3. The predicted octanol–water partition coefficient (Wildman–Crippen LogP) is 1.61. The van der Waals surface area contributed by atoms with Crippen LogP contribution >= 0.6 is 0 Å². The first-order chi connectivity index (χ1) is 8.27. The van der Waals surface area contributed by atoms with Crippen molar-refractivity contribution in [2.24, 2.45) is 0 Å². The zero-order valence-electron chi connectivity index (χ0n) is 10.3. The first kappa shape index (κ1) is 13.5. The lowest BCUT2D eigenvalue weighted by molar-refractivity contribution is -0.128. The number of benzene rings is 1. The van der Waals surface area contributed by atoms with Crippen molar-refractivity contribution in [3.63, 3.8) is 0 Å². The van der Waals surface area contributed by atoms with Gasteiger partial charge in [-0.3, -0.25) is 4.79 Å². The average Bonchev–Trinajstić information content (AvgIpc) is 2.37. The Balaban J connectivity index is 2.45. The van der Waals surface area contributed by atoms with Crippen LogP contribution in [-0.2, 0) is 9.53 Å². The zero-order chi connectivity index (χ0) is 12.5. The molecule has 1 aromatic rings. The van der Waals surface area contributed by atoms with Crippen molar-refractivity contribution in [2.45, 2.75) is 19.4 Å². The molecular formula is C13H19NO3. The normalized spacial score (nSPS) is 11.9. The number of amides is 1. The highest BCUT2D eigenvalue weighted by molar-refractivity contribution is 5.81. The minimum atomic E-state index is -0.450. The van der Waals surface area contributed by atoms with Crippen LogP contribution in [0.25, 0.3) is 0 Å². The first-order valence-electron chi connectivity index (χ1n) is 5.76. The molecule has 0 bridgehead atoms. The monoisotopic (exact) mass is 237 g/mol. The van der Waals surface area contributed by atoms with Crippen LogP contribution in [0.2, 0.25) is 0 Å². The maximum Gasteiger partial charge on any atom is 0.261 e. The van der Waals surface area contributed by atoms with Gasteiger partial charge in [-0.05, 0) is 18.6 Å². The van der Waals surface area contributed by atoms with Gasteiger partial charge in [0, 0.05) is 13.7 Å². The molecule has 1 rings (SSSR count). The van der Waals surface area contributed by atoms with E-state index in [0.29, 0.717) is 25.3 Å². The van der Waals surface area contributed by atoms with E-state index in [-0.39, 0.29) is 5.91 Å². The molecule has 1 amide bonds. The number of carbonyl (C=O) groups excluding carboxylic acids is 1. The standard InChI is InChI=1S/C13H19NO3/c1-3-12(13(15)14-9-10-16-2)17-11-7-5-4-6-8-11/h4-8,12H,3,9-10H2,1-2H3,(H,14,15)/t12-/m1/s1. The molecule has 4 nitrogen and oxygen atoms in total. The molecule has 17 heavy (non-hydrogen) atoms. The van der Waals surface area contributed by atoms with E-state index >= 15 is 0 Å². The van der Waals surface area contributed by atoms with E-state index in [1.54, 1.807) is 7.11 Å². The lowest BCUT2D eigenvalue weighted by Gasteiger charge is -2.17. The highest BCUT2D eigenvalue weighted by Crippen LogP contribution is 2.12. The Labute approximate surface area is 102 Å². The van der Waals surface area contributed by atoms with E-state index in [2.05, 4.69) is 5.32 Å². The van der Waals surface area contributed by atoms with Crippen LogP contribution in [0.5, 0.6) is 5.75 Å². The second-order valence-corrected chi connectivity index (χ2v) is 3.61. The van der Waals surface area contributed by atoms with Gasteiger partial charge in [0.2, 0.25) is 0 Å². The highest BCUT2D eigenvalue weighted by atomic mass is 16.5. The van der Waals surface area contributed by atoms with Gasteiger partial charge >= 0.3 is 0 Å². The molecule has 0 aromatic heterocycles. The maximum atomic E-state index is 11.8. The molecule has 0 radical (unpaired) electrons. The van der Waals surface area contributed by atoms with Crippen LogP contribution in [-0.4, -0.2) is 32.3 Å². The van der Waals surface area contributed by atoms with Gasteiger partial charge in [0.15, 0.2) is 6.10 Å². The topological polar surface area (TPSA) is 47.6 Å². The van der Waals surface area contributed by atoms with Crippen molar-refractivity contribution < 1.29 is 14.3 Å². The van der Waals surface area contributed by atoms with Crippen molar-refractivity contribution in [1.82, 2.24) is 5.32 Å². The molecule has 0 spiro atoms. The van der Waals surface area contributed by atoms with Gasteiger partial charge in [-0.2, -0.15) is 0 Å². The number of nitrogens with one attached hydrogen (secondary N) is 1. The van der Waals surface area contributed by atoms with Gasteiger partial charge in [0.05, 0.1) is 6.61 Å². The van der Waals surface area contributed by atoms with Crippen LogP contribution in [0.3, 0.4) is 0 Å². The minimum absolute atomic E-state index is 0.103. The number of hydrogen-bond donors (Lipinski definition) is 1. The molecule has 4 heteroatoms. The summed E-state index contributed by atoms with van der Waals surface area (Å²) < 4.78 is 10.5. The Hall–Kier alpha value is -1.55. The number of methoxy groups -OCH3 is 1. The van der Waals surface area contributed by atoms with Crippen molar-refractivity contribution in [3.05, 3.63) is 30.3 Å². The second-order valence-electron chi connectivity index (χ2n) is 3.61. The van der Waals surface area contributed by atoms with Gasteiger partial charge in [-0.1, -0.05) is 25.1 Å². The smallest absolute Gasteiger partial charge is 0.261 e. The van der Waals surface area contributed by atoms with E-state index in [0.717, 1.165) is 0 Å². The van der Waals surface area contributed by atoms with Crippen LogP contribution in [0.1, 0.15) is 13.3 Å². The molecule has 0 aliphatic rings.